The molecule has 1 aliphatic heterocycles. The Morgan fingerprint density at radius 2 is 2.05 bits per heavy atom. The van der Waals surface area contributed by atoms with Gasteiger partial charge in [-0.3, -0.25) is 0 Å². The molecule has 1 aromatic heterocycles. The minimum Gasteiger partial charge on any atom is -0.241 e. The van der Waals surface area contributed by atoms with Crippen LogP contribution in [0.2, 0.25) is 0 Å². The van der Waals surface area contributed by atoms with Crippen LogP contribution < -0.4 is 5.14 Å². The van der Waals surface area contributed by atoms with Crippen molar-refractivity contribution >= 4 is 20.0 Å². The molecule has 7 nitrogen and oxygen atoms in total. The van der Waals surface area contributed by atoms with E-state index in [2.05, 4.69) is 4.98 Å². The van der Waals surface area contributed by atoms with Crippen LogP contribution in [-0.2, 0) is 20.0 Å². The molecule has 1 aromatic rings. The molecular formula is C10H14FN3O4S2. The molecular weight excluding hydrogens is 309 g/mol. The molecule has 0 aromatic carbocycles. The lowest BCUT2D eigenvalue weighted by Gasteiger charge is -2.30. The van der Waals surface area contributed by atoms with Crippen LogP contribution in [0.5, 0.6) is 0 Å². The maximum Gasteiger partial charge on any atom is 0.263 e. The zero-order chi connectivity index (χ0) is 15.0. The van der Waals surface area contributed by atoms with Crippen molar-refractivity contribution < 1.29 is 21.2 Å². The molecule has 0 aliphatic carbocycles. The van der Waals surface area contributed by atoms with Crippen LogP contribution in [-0.4, -0.2) is 44.5 Å². The number of pyridine rings is 1. The Bertz CT molecular complexity index is 705. The normalized spacial score (nSPS) is 21.8. The number of halogens is 1. The minimum absolute atomic E-state index is 0.115. The van der Waals surface area contributed by atoms with Gasteiger partial charge in [-0.2, -0.15) is 4.31 Å². The summed E-state index contributed by atoms with van der Waals surface area (Å²) in [4.78, 5) is 3.53. The van der Waals surface area contributed by atoms with Crippen molar-refractivity contribution in [2.24, 2.45) is 5.14 Å². The molecule has 2 heterocycles. The Morgan fingerprint density at radius 1 is 1.35 bits per heavy atom. The lowest BCUT2D eigenvalue weighted by molar-refractivity contribution is 0.343. The summed E-state index contributed by atoms with van der Waals surface area (Å²) in [5, 5.41) is 3.37. The first-order valence-electron chi connectivity index (χ1n) is 5.85. The van der Waals surface area contributed by atoms with Crippen molar-refractivity contribution in [2.75, 3.05) is 13.1 Å². The molecule has 1 atom stereocenters. The maximum atomic E-state index is 13.6. The van der Waals surface area contributed by atoms with Crippen molar-refractivity contribution in [3.05, 3.63) is 24.1 Å². The van der Waals surface area contributed by atoms with Gasteiger partial charge in [0.25, 0.3) is 10.0 Å². The third-order valence-corrected chi connectivity index (χ3v) is 6.23. The number of nitrogens with two attached hydrogens (primary N) is 1. The van der Waals surface area contributed by atoms with Crippen LogP contribution >= 0.6 is 0 Å². The van der Waals surface area contributed by atoms with Gasteiger partial charge in [-0.15, -0.1) is 0 Å². The Labute approximate surface area is 116 Å². The van der Waals surface area contributed by atoms with Gasteiger partial charge in [0.2, 0.25) is 15.0 Å². The fraction of sp³-hybridized carbons (Fsp3) is 0.500. The predicted octanol–water partition coefficient (Wildman–Crippen LogP) is -0.338. The van der Waals surface area contributed by atoms with E-state index >= 15 is 0 Å². The minimum atomic E-state index is -4.16. The number of hydrogen-bond donors (Lipinski definition) is 1. The van der Waals surface area contributed by atoms with Crippen LogP contribution in [0.3, 0.4) is 0 Å². The highest BCUT2D eigenvalue weighted by atomic mass is 32.2. The highest BCUT2D eigenvalue weighted by Gasteiger charge is 2.36. The number of hydrogen-bond acceptors (Lipinski definition) is 5. The van der Waals surface area contributed by atoms with Gasteiger partial charge in [0, 0.05) is 19.3 Å². The quantitative estimate of drug-likeness (QED) is 0.818. The SMILES string of the molecule is NS(=O)(=O)C1CCCN(S(=O)(=O)c2ncccc2F)C1. The Hall–Kier alpha value is -1.10. The number of rotatable bonds is 3. The molecule has 1 aliphatic rings. The molecule has 1 saturated heterocycles. The van der Waals surface area contributed by atoms with Gasteiger partial charge in [-0.05, 0) is 25.0 Å². The van der Waals surface area contributed by atoms with Crippen LogP contribution in [0.15, 0.2) is 23.4 Å². The van der Waals surface area contributed by atoms with Gasteiger partial charge in [0.15, 0.2) is 5.82 Å². The zero-order valence-electron chi connectivity index (χ0n) is 10.4. The molecule has 2 rings (SSSR count). The average Bonchev–Trinajstić information content (AvgIpc) is 2.38. The second kappa shape index (κ2) is 5.35. The summed E-state index contributed by atoms with van der Waals surface area (Å²) in [7, 11) is -7.99. The monoisotopic (exact) mass is 323 g/mol. The molecule has 2 N–H and O–H groups in total. The van der Waals surface area contributed by atoms with E-state index in [4.69, 9.17) is 5.14 Å². The largest absolute Gasteiger partial charge is 0.263 e. The van der Waals surface area contributed by atoms with E-state index in [-0.39, 0.29) is 19.5 Å². The Kier molecular flexibility index (Phi) is 4.09. The highest BCUT2D eigenvalue weighted by molar-refractivity contribution is 7.90. The van der Waals surface area contributed by atoms with Gasteiger partial charge in [0.1, 0.15) is 0 Å². The fourth-order valence-corrected chi connectivity index (χ4v) is 4.55. The molecule has 1 unspecified atom stereocenters. The van der Waals surface area contributed by atoms with Crippen molar-refractivity contribution in [1.82, 2.24) is 9.29 Å². The van der Waals surface area contributed by atoms with E-state index in [1.54, 1.807) is 0 Å². The second-order valence-electron chi connectivity index (χ2n) is 4.51. The van der Waals surface area contributed by atoms with Gasteiger partial charge in [-0.25, -0.2) is 31.3 Å². The molecule has 1 fully saturated rings. The summed E-state index contributed by atoms with van der Waals surface area (Å²) in [6, 6.07) is 2.26. The van der Waals surface area contributed by atoms with Crippen LogP contribution in [0.1, 0.15) is 12.8 Å². The van der Waals surface area contributed by atoms with Crippen LogP contribution in [0.4, 0.5) is 4.39 Å². The second-order valence-corrected chi connectivity index (χ2v) is 8.20. The number of primary sulfonamides is 1. The first-order chi connectivity index (χ1) is 9.23. The van der Waals surface area contributed by atoms with Crippen LogP contribution in [0, 0.1) is 5.82 Å². The van der Waals surface area contributed by atoms with Gasteiger partial charge in [-0.1, -0.05) is 0 Å². The van der Waals surface area contributed by atoms with Crippen LogP contribution in [0.25, 0.3) is 0 Å². The summed E-state index contributed by atoms with van der Waals surface area (Å²) in [6.45, 7) is -0.165. The number of nitrogens with zero attached hydrogens (tertiary/aromatic N) is 2. The molecule has 0 saturated carbocycles. The molecule has 0 radical (unpaired) electrons. The van der Waals surface area contributed by atoms with E-state index < -0.39 is 36.1 Å². The maximum absolute atomic E-state index is 13.6. The van der Waals surface area contributed by atoms with Crippen molar-refractivity contribution in [1.29, 1.82) is 0 Å². The fourth-order valence-electron chi connectivity index (χ4n) is 2.07. The summed E-state index contributed by atoms with van der Waals surface area (Å²) < 4.78 is 61.7. The number of piperidine rings is 1. The Balaban J connectivity index is 2.33. The van der Waals surface area contributed by atoms with E-state index in [9.17, 15) is 21.2 Å². The third-order valence-electron chi connectivity index (χ3n) is 3.11. The van der Waals surface area contributed by atoms with Crippen molar-refractivity contribution in [3.63, 3.8) is 0 Å². The number of sulfonamides is 2. The third kappa shape index (κ3) is 2.97. The van der Waals surface area contributed by atoms with Gasteiger partial charge in [0.05, 0.1) is 5.25 Å². The lowest BCUT2D eigenvalue weighted by atomic mass is 10.2. The number of aromatic nitrogens is 1. The first kappa shape index (κ1) is 15.3. The molecule has 0 spiro atoms. The van der Waals surface area contributed by atoms with E-state index in [1.165, 1.54) is 6.07 Å². The molecule has 20 heavy (non-hydrogen) atoms. The van der Waals surface area contributed by atoms with Crippen molar-refractivity contribution in [3.8, 4) is 0 Å². The Morgan fingerprint density at radius 3 is 2.65 bits per heavy atom. The van der Waals surface area contributed by atoms with Crippen molar-refractivity contribution in [2.45, 2.75) is 23.1 Å². The molecule has 0 bridgehead atoms. The van der Waals surface area contributed by atoms with Gasteiger partial charge >= 0.3 is 0 Å². The standard InChI is InChI=1S/C10H14FN3O4S2/c11-9-4-1-5-13-10(9)20(17,18)14-6-2-3-8(7-14)19(12,15)16/h1,4-5,8H,2-3,6-7H2,(H2,12,15,16). The predicted molar refractivity (Wildman–Crippen MR) is 69.1 cm³/mol. The highest BCUT2D eigenvalue weighted by Crippen LogP contribution is 2.23. The van der Waals surface area contributed by atoms with E-state index in [0.717, 1.165) is 16.6 Å². The zero-order valence-corrected chi connectivity index (χ0v) is 12.1. The smallest absolute Gasteiger partial charge is 0.241 e. The molecule has 10 heteroatoms. The molecule has 0 amide bonds. The van der Waals surface area contributed by atoms with E-state index in [1.807, 2.05) is 0 Å². The topological polar surface area (TPSA) is 110 Å². The molecule has 112 valence electrons. The summed E-state index contributed by atoms with van der Waals surface area (Å²) >= 11 is 0. The van der Waals surface area contributed by atoms with Gasteiger partial charge < -0.3 is 0 Å². The lowest BCUT2D eigenvalue weighted by Crippen LogP contribution is -2.47. The first-order valence-corrected chi connectivity index (χ1v) is 8.90. The average molecular weight is 323 g/mol. The van der Waals surface area contributed by atoms with E-state index in [0.29, 0.717) is 6.42 Å². The summed E-state index contributed by atoms with van der Waals surface area (Å²) in [6.07, 6.45) is 1.79. The summed E-state index contributed by atoms with van der Waals surface area (Å²) in [5.74, 6) is -0.967. The summed E-state index contributed by atoms with van der Waals surface area (Å²) in [5.41, 5.74) is 0.